The van der Waals surface area contributed by atoms with Gasteiger partial charge in [0.25, 0.3) is 0 Å². The molecule has 0 aliphatic heterocycles. The SMILES string of the molecule is CCCCc1nc(C)n(C2CC2)c1N. The van der Waals surface area contributed by atoms with Gasteiger partial charge in [0, 0.05) is 6.04 Å². The van der Waals surface area contributed by atoms with E-state index in [1.807, 2.05) is 0 Å². The summed E-state index contributed by atoms with van der Waals surface area (Å²) in [5.41, 5.74) is 7.19. The Morgan fingerprint density at radius 1 is 1.50 bits per heavy atom. The van der Waals surface area contributed by atoms with Crippen LogP contribution in [0.15, 0.2) is 0 Å². The third kappa shape index (κ3) is 1.63. The predicted molar refractivity (Wildman–Crippen MR) is 58.3 cm³/mol. The molecule has 3 heteroatoms. The monoisotopic (exact) mass is 193 g/mol. The second-order valence-corrected chi connectivity index (χ2v) is 4.20. The van der Waals surface area contributed by atoms with Crippen LogP contribution >= 0.6 is 0 Å². The first-order valence-corrected chi connectivity index (χ1v) is 5.57. The highest BCUT2D eigenvalue weighted by molar-refractivity contribution is 5.39. The minimum Gasteiger partial charge on any atom is -0.384 e. The molecule has 78 valence electrons. The molecule has 2 N–H and O–H groups in total. The molecular weight excluding hydrogens is 174 g/mol. The highest BCUT2D eigenvalue weighted by atomic mass is 15.2. The first kappa shape index (κ1) is 9.56. The van der Waals surface area contributed by atoms with Gasteiger partial charge in [-0.3, -0.25) is 0 Å². The first-order valence-electron chi connectivity index (χ1n) is 5.57. The van der Waals surface area contributed by atoms with Gasteiger partial charge in [-0.2, -0.15) is 0 Å². The van der Waals surface area contributed by atoms with Crippen molar-refractivity contribution in [1.29, 1.82) is 0 Å². The van der Waals surface area contributed by atoms with Gasteiger partial charge in [0.15, 0.2) is 0 Å². The highest BCUT2D eigenvalue weighted by Crippen LogP contribution is 2.38. The zero-order valence-electron chi connectivity index (χ0n) is 9.08. The van der Waals surface area contributed by atoms with Gasteiger partial charge in [0.1, 0.15) is 11.6 Å². The minimum atomic E-state index is 0.651. The van der Waals surface area contributed by atoms with Crippen molar-refractivity contribution in [3.05, 3.63) is 11.5 Å². The van der Waals surface area contributed by atoms with E-state index >= 15 is 0 Å². The van der Waals surface area contributed by atoms with Crippen LogP contribution in [0.5, 0.6) is 0 Å². The Morgan fingerprint density at radius 3 is 2.79 bits per heavy atom. The Balaban J connectivity index is 2.20. The zero-order valence-corrected chi connectivity index (χ0v) is 9.08. The third-order valence-electron chi connectivity index (χ3n) is 2.88. The number of aromatic nitrogens is 2. The van der Waals surface area contributed by atoms with Crippen LogP contribution in [0.3, 0.4) is 0 Å². The average Bonchev–Trinajstić information content (AvgIpc) is 2.92. The number of hydrogen-bond acceptors (Lipinski definition) is 2. The highest BCUT2D eigenvalue weighted by Gasteiger charge is 2.28. The molecular formula is C11H19N3. The fourth-order valence-corrected chi connectivity index (χ4v) is 1.94. The molecule has 1 aliphatic rings. The fraction of sp³-hybridized carbons (Fsp3) is 0.727. The molecule has 1 aliphatic carbocycles. The van der Waals surface area contributed by atoms with Crippen LogP contribution in [0.25, 0.3) is 0 Å². The lowest BCUT2D eigenvalue weighted by Crippen LogP contribution is -2.03. The van der Waals surface area contributed by atoms with E-state index in [0.717, 1.165) is 23.8 Å². The number of rotatable bonds is 4. The van der Waals surface area contributed by atoms with E-state index in [4.69, 9.17) is 5.73 Å². The quantitative estimate of drug-likeness (QED) is 0.798. The van der Waals surface area contributed by atoms with Gasteiger partial charge in [-0.1, -0.05) is 13.3 Å². The largest absolute Gasteiger partial charge is 0.384 e. The molecule has 0 saturated heterocycles. The van der Waals surface area contributed by atoms with Crippen molar-refractivity contribution in [2.45, 2.75) is 52.0 Å². The van der Waals surface area contributed by atoms with Gasteiger partial charge in [0.05, 0.1) is 5.69 Å². The van der Waals surface area contributed by atoms with E-state index in [-0.39, 0.29) is 0 Å². The van der Waals surface area contributed by atoms with Crippen molar-refractivity contribution >= 4 is 5.82 Å². The smallest absolute Gasteiger partial charge is 0.127 e. The maximum atomic E-state index is 6.09. The number of nitrogens with zero attached hydrogens (tertiary/aromatic N) is 2. The Kier molecular flexibility index (Phi) is 2.48. The molecule has 1 saturated carbocycles. The molecule has 0 spiro atoms. The summed E-state index contributed by atoms with van der Waals surface area (Å²) >= 11 is 0. The fourth-order valence-electron chi connectivity index (χ4n) is 1.94. The number of nitrogen functional groups attached to an aromatic ring is 1. The number of hydrogen-bond donors (Lipinski definition) is 1. The summed E-state index contributed by atoms with van der Waals surface area (Å²) in [6.45, 7) is 4.26. The first-order chi connectivity index (χ1) is 6.74. The van der Waals surface area contributed by atoms with E-state index < -0.39 is 0 Å². The number of unbranched alkanes of at least 4 members (excludes halogenated alkanes) is 1. The van der Waals surface area contributed by atoms with Crippen LogP contribution in [-0.2, 0) is 6.42 Å². The van der Waals surface area contributed by atoms with Crippen molar-refractivity contribution in [1.82, 2.24) is 9.55 Å². The Hall–Kier alpha value is -0.990. The van der Waals surface area contributed by atoms with Crippen molar-refractivity contribution in [2.24, 2.45) is 0 Å². The normalized spacial score (nSPS) is 16.1. The summed E-state index contributed by atoms with van der Waals surface area (Å²) in [6.07, 6.45) is 5.96. The topological polar surface area (TPSA) is 43.8 Å². The van der Waals surface area contributed by atoms with Gasteiger partial charge < -0.3 is 10.3 Å². The van der Waals surface area contributed by atoms with E-state index in [1.54, 1.807) is 0 Å². The molecule has 1 aromatic heterocycles. The van der Waals surface area contributed by atoms with Gasteiger partial charge >= 0.3 is 0 Å². The standard InChI is InChI=1S/C11H19N3/c1-3-4-5-10-11(12)14(8(2)13-10)9-6-7-9/h9H,3-7,12H2,1-2H3. The van der Waals surface area contributed by atoms with E-state index in [9.17, 15) is 0 Å². The van der Waals surface area contributed by atoms with Gasteiger partial charge in [0.2, 0.25) is 0 Å². The van der Waals surface area contributed by atoms with Crippen LogP contribution in [-0.4, -0.2) is 9.55 Å². The van der Waals surface area contributed by atoms with E-state index in [0.29, 0.717) is 6.04 Å². The summed E-state index contributed by atoms with van der Waals surface area (Å²) in [4.78, 5) is 4.55. The molecule has 0 atom stereocenters. The van der Waals surface area contributed by atoms with Crippen LogP contribution in [0.2, 0.25) is 0 Å². The maximum absolute atomic E-state index is 6.09. The van der Waals surface area contributed by atoms with Crippen LogP contribution in [0.1, 0.15) is 50.2 Å². The van der Waals surface area contributed by atoms with E-state index in [1.165, 1.54) is 25.7 Å². The average molecular weight is 193 g/mol. The molecule has 3 nitrogen and oxygen atoms in total. The lowest BCUT2D eigenvalue weighted by Gasteiger charge is -2.04. The van der Waals surface area contributed by atoms with Gasteiger partial charge in [-0.05, 0) is 32.6 Å². The van der Waals surface area contributed by atoms with Gasteiger partial charge in [-0.25, -0.2) is 4.98 Å². The summed E-state index contributed by atoms with van der Waals surface area (Å²) in [5.74, 6) is 2.01. The van der Waals surface area contributed by atoms with Crippen molar-refractivity contribution in [2.75, 3.05) is 5.73 Å². The molecule has 0 bridgehead atoms. The number of aryl methyl sites for hydroxylation is 2. The third-order valence-corrected chi connectivity index (χ3v) is 2.88. The van der Waals surface area contributed by atoms with Crippen LogP contribution in [0.4, 0.5) is 5.82 Å². The molecule has 0 radical (unpaired) electrons. The summed E-state index contributed by atoms with van der Waals surface area (Å²) in [5, 5.41) is 0. The summed E-state index contributed by atoms with van der Waals surface area (Å²) < 4.78 is 2.21. The predicted octanol–water partition coefficient (Wildman–Crippen LogP) is 2.45. The van der Waals surface area contributed by atoms with Crippen molar-refractivity contribution < 1.29 is 0 Å². The van der Waals surface area contributed by atoms with Crippen LogP contribution < -0.4 is 5.73 Å². The number of nitrogens with two attached hydrogens (primary N) is 1. The molecule has 1 fully saturated rings. The molecule has 1 heterocycles. The minimum absolute atomic E-state index is 0.651. The Morgan fingerprint density at radius 2 is 2.21 bits per heavy atom. The molecule has 14 heavy (non-hydrogen) atoms. The Labute approximate surface area is 85.3 Å². The molecule has 0 unspecified atom stereocenters. The second kappa shape index (κ2) is 3.64. The lowest BCUT2D eigenvalue weighted by atomic mass is 10.2. The maximum Gasteiger partial charge on any atom is 0.127 e. The number of anilines is 1. The molecule has 2 rings (SSSR count). The van der Waals surface area contributed by atoms with Crippen LogP contribution in [0, 0.1) is 6.92 Å². The lowest BCUT2D eigenvalue weighted by molar-refractivity contribution is 0.720. The number of imidazole rings is 1. The molecule has 0 aromatic carbocycles. The van der Waals surface area contributed by atoms with E-state index in [2.05, 4.69) is 23.4 Å². The summed E-state index contributed by atoms with van der Waals surface area (Å²) in [6, 6.07) is 0.651. The van der Waals surface area contributed by atoms with Crippen molar-refractivity contribution in [3.8, 4) is 0 Å². The zero-order chi connectivity index (χ0) is 10.1. The van der Waals surface area contributed by atoms with Gasteiger partial charge in [-0.15, -0.1) is 0 Å². The Bertz CT molecular complexity index is 324. The summed E-state index contributed by atoms with van der Waals surface area (Å²) in [7, 11) is 0. The van der Waals surface area contributed by atoms with Crippen molar-refractivity contribution in [3.63, 3.8) is 0 Å². The second-order valence-electron chi connectivity index (χ2n) is 4.20. The molecule has 0 amide bonds. The molecule has 1 aromatic rings.